The lowest BCUT2D eigenvalue weighted by Crippen LogP contribution is -2.28. The van der Waals surface area contributed by atoms with Crippen molar-refractivity contribution in [2.24, 2.45) is 0 Å². The molecule has 0 aliphatic rings. The lowest BCUT2D eigenvalue weighted by Gasteiger charge is -2.07. The zero-order valence-electron chi connectivity index (χ0n) is 11.5. The maximum atomic E-state index is 11.8. The minimum absolute atomic E-state index is 0.00179. The Kier molecular flexibility index (Phi) is 7.01. The standard InChI is InChI=1S/C13H22N2O3S/c1-3-14-10-12-4-6-13(7-5-12)11-19(16,17)15-8-9-18-2/h4-7,14-15H,3,8-11H2,1-2H3. The van der Waals surface area contributed by atoms with E-state index in [1.807, 2.05) is 31.2 Å². The molecule has 1 rings (SSSR count). The van der Waals surface area contributed by atoms with Gasteiger partial charge >= 0.3 is 0 Å². The molecule has 0 aromatic heterocycles. The van der Waals surface area contributed by atoms with E-state index in [2.05, 4.69) is 10.0 Å². The molecule has 2 N–H and O–H groups in total. The van der Waals surface area contributed by atoms with Gasteiger partial charge in [-0.1, -0.05) is 31.2 Å². The fourth-order valence-corrected chi connectivity index (χ4v) is 2.72. The number of methoxy groups -OCH3 is 1. The third-order valence-electron chi connectivity index (χ3n) is 2.59. The molecule has 5 nitrogen and oxygen atoms in total. The van der Waals surface area contributed by atoms with Crippen LogP contribution in [-0.2, 0) is 27.1 Å². The van der Waals surface area contributed by atoms with Crippen molar-refractivity contribution in [1.29, 1.82) is 0 Å². The maximum absolute atomic E-state index is 11.8. The Morgan fingerprint density at radius 3 is 2.37 bits per heavy atom. The molecule has 108 valence electrons. The average Bonchev–Trinajstić information content (AvgIpc) is 2.38. The summed E-state index contributed by atoms with van der Waals surface area (Å²) in [5.74, 6) is -0.00179. The zero-order chi connectivity index (χ0) is 14.1. The zero-order valence-corrected chi connectivity index (χ0v) is 12.3. The summed E-state index contributed by atoms with van der Waals surface area (Å²) in [6, 6.07) is 7.59. The van der Waals surface area contributed by atoms with Crippen molar-refractivity contribution in [3.63, 3.8) is 0 Å². The van der Waals surface area contributed by atoms with E-state index in [9.17, 15) is 8.42 Å². The maximum Gasteiger partial charge on any atom is 0.215 e. The van der Waals surface area contributed by atoms with Gasteiger partial charge in [-0.05, 0) is 17.7 Å². The third-order valence-corrected chi connectivity index (χ3v) is 3.94. The highest BCUT2D eigenvalue weighted by Crippen LogP contribution is 2.07. The Hall–Kier alpha value is -0.950. The minimum atomic E-state index is -3.28. The third kappa shape index (κ3) is 6.68. The van der Waals surface area contributed by atoms with Crippen molar-refractivity contribution in [3.8, 4) is 0 Å². The first-order valence-electron chi connectivity index (χ1n) is 6.32. The van der Waals surface area contributed by atoms with Gasteiger partial charge in [0.1, 0.15) is 0 Å². The van der Waals surface area contributed by atoms with E-state index in [4.69, 9.17) is 4.74 Å². The molecule has 0 saturated heterocycles. The number of rotatable bonds is 9. The fourth-order valence-electron chi connectivity index (χ4n) is 1.59. The molecule has 0 bridgehead atoms. The molecule has 19 heavy (non-hydrogen) atoms. The van der Waals surface area contributed by atoms with Gasteiger partial charge in [0.15, 0.2) is 0 Å². The summed E-state index contributed by atoms with van der Waals surface area (Å²) < 4.78 is 30.8. The number of benzene rings is 1. The normalized spacial score (nSPS) is 11.7. The molecule has 0 heterocycles. The van der Waals surface area contributed by atoms with Gasteiger partial charge in [-0.2, -0.15) is 0 Å². The molecule has 1 aromatic carbocycles. The Labute approximate surface area is 115 Å². The number of nitrogens with one attached hydrogen (secondary N) is 2. The summed E-state index contributed by atoms with van der Waals surface area (Å²) in [7, 11) is -1.74. The van der Waals surface area contributed by atoms with E-state index in [1.165, 1.54) is 7.11 Å². The molecule has 0 fully saturated rings. The molecule has 0 amide bonds. The average molecular weight is 286 g/mol. The Balaban J connectivity index is 2.52. The molecule has 0 unspecified atom stereocenters. The monoisotopic (exact) mass is 286 g/mol. The van der Waals surface area contributed by atoms with Crippen LogP contribution in [0.3, 0.4) is 0 Å². The highest BCUT2D eigenvalue weighted by atomic mass is 32.2. The molecular formula is C13H22N2O3S. The van der Waals surface area contributed by atoms with Crippen LogP contribution < -0.4 is 10.0 Å². The van der Waals surface area contributed by atoms with Crippen LogP contribution in [0, 0.1) is 0 Å². The van der Waals surface area contributed by atoms with Crippen LogP contribution in [0.25, 0.3) is 0 Å². The van der Waals surface area contributed by atoms with Gasteiger partial charge in [0.2, 0.25) is 10.0 Å². The van der Waals surface area contributed by atoms with Crippen molar-refractivity contribution in [2.45, 2.75) is 19.2 Å². The number of sulfonamides is 1. The highest BCUT2D eigenvalue weighted by molar-refractivity contribution is 7.88. The second-order valence-corrected chi connectivity index (χ2v) is 6.05. The van der Waals surface area contributed by atoms with Crippen molar-refractivity contribution in [3.05, 3.63) is 35.4 Å². The van der Waals surface area contributed by atoms with Crippen LogP contribution in [0.5, 0.6) is 0 Å². The number of hydrogen-bond donors (Lipinski definition) is 2. The van der Waals surface area contributed by atoms with E-state index >= 15 is 0 Å². The van der Waals surface area contributed by atoms with Crippen LogP contribution in [0.15, 0.2) is 24.3 Å². The second-order valence-electron chi connectivity index (χ2n) is 4.24. The molecule has 0 atom stereocenters. The predicted molar refractivity (Wildman–Crippen MR) is 76.3 cm³/mol. The molecule has 0 aliphatic heterocycles. The summed E-state index contributed by atoms with van der Waals surface area (Å²) in [6.07, 6.45) is 0. The largest absolute Gasteiger partial charge is 0.383 e. The first-order chi connectivity index (χ1) is 9.07. The van der Waals surface area contributed by atoms with E-state index in [-0.39, 0.29) is 5.75 Å². The summed E-state index contributed by atoms with van der Waals surface area (Å²) in [5.41, 5.74) is 1.93. The van der Waals surface area contributed by atoms with Crippen LogP contribution in [0.2, 0.25) is 0 Å². The molecule has 0 spiro atoms. The van der Waals surface area contributed by atoms with E-state index in [0.717, 1.165) is 24.2 Å². The van der Waals surface area contributed by atoms with Gasteiger partial charge in [-0.25, -0.2) is 13.1 Å². The minimum Gasteiger partial charge on any atom is -0.383 e. The summed E-state index contributed by atoms with van der Waals surface area (Å²) in [6.45, 7) is 4.44. The molecule has 6 heteroatoms. The van der Waals surface area contributed by atoms with Crippen molar-refractivity contribution < 1.29 is 13.2 Å². The predicted octanol–water partition coefficient (Wildman–Crippen LogP) is 0.862. The SMILES string of the molecule is CCNCc1ccc(CS(=O)(=O)NCCOC)cc1. The van der Waals surface area contributed by atoms with E-state index in [1.54, 1.807) is 0 Å². The number of ether oxygens (including phenoxy) is 1. The molecule has 0 saturated carbocycles. The topological polar surface area (TPSA) is 67.4 Å². The summed E-state index contributed by atoms with van der Waals surface area (Å²) in [4.78, 5) is 0. The van der Waals surface area contributed by atoms with E-state index in [0.29, 0.717) is 13.2 Å². The quantitative estimate of drug-likeness (QED) is 0.661. The molecular weight excluding hydrogens is 264 g/mol. The van der Waals surface area contributed by atoms with Gasteiger partial charge in [0.25, 0.3) is 0 Å². The highest BCUT2D eigenvalue weighted by Gasteiger charge is 2.10. The molecule has 0 aliphatic carbocycles. The summed E-state index contributed by atoms with van der Waals surface area (Å²) in [5, 5.41) is 3.22. The lowest BCUT2D eigenvalue weighted by molar-refractivity contribution is 0.204. The van der Waals surface area contributed by atoms with Gasteiger partial charge in [0.05, 0.1) is 12.4 Å². The lowest BCUT2D eigenvalue weighted by atomic mass is 10.1. The van der Waals surface area contributed by atoms with Gasteiger partial charge in [-0.15, -0.1) is 0 Å². The van der Waals surface area contributed by atoms with Crippen LogP contribution in [0.4, 0.5) is 0 Å². The van der Waals surface area contributed by atoms with Crippen molar-refractivity contribution in [2.75, 3.05) is 26.8 Å². The Bertz CT molecular complexity index is 457. The Morgan fingerprint density at radius 2 is 1.79 bits per heavy atom. The first kappa shape index (κ1) is 16.1. The van der Waals surface area contributed by atoms with Crippen LogP contribution >= 0.6 is 0 Å². The number of hydrogen-bond acceptors (Lipinski definition) is 4. The van der Waals surface area contributed by atoms with Crippen molar-refractivity contribution >= 4 is 10.0 Å². The van der Waals surface area contributed by atoms with Crippen LogP contribution in [-0.4, -0.2) is 35.2 Å². The fraction of sp³-hybridized carbons (Fsp3) is 0.538. The molecule has 1 aromatic rings. The second kappa shape index (κ2) is 8.27. The summed E-state index contributed by atoms with van der Waals surface area (Å²) >= 11 is 0. The molecule has 0 radical (unpaired) electrons. The van der Waals surface area contributed by atoms with E-state index < -0.39 is 10.0 Å². The Morgan fingerprint density at radius 1 is 1.16 bits per heavy atom. The van der Waals surface area contributed by atoms with Gasteiger partial charge < -0.3 is 10.1 Å². The van der Waals surface area contributed by atoms with Gasteiger partial charge in [-0.3, -0.25) is 0 Å². The smallest absolute Gasteiger partial charge is 0.215 e. The van der Waals surface area contributed by atoms with Crippen LogP contribution in [0.1, 0.15) is 18.1 Å². The van der Waals surface area contributed by atoms with Gasteiger partial charge in [0, 0.05) is 20.2 Å². The first-order valence-corrected chi connectivity index (χ1v) is 7.97. The van der Waals surface area contributed by atoms with Crippen molar-refractivity contribution in [1.82, 2.24) is 10.0 Å².